The molecular weight excluding hydrogens is 496 g/mol. The number of H-pyrrole nitrogens is 1. The van der Waals surface area contributed by atoms with Gasteiger partial charge in [-0.15, -0.1) is 0 Å². The molecule has 0 unspecified atom stereocenters. The number of fused-ring (bicyclic) bond motifs is 1. The molecule has 5 rings (SSSR count). The van der Waals surface area contributed by atoms with Crippen LogP contribution in [0.25, 0.3) is 28.1 Å². The molecule has 0 aliphatic heterocycles. The average molecular weight is 519 g/mol. The molecular formula is C25H23BrN6O2. The van der Waals surface area contributed by atoms with E-state index in [1.165, 1.54) is 0 Å². The summed E-state index contributed by atoms with van der Waals surface area (Å²) in [5, 5.41) is 13.4. The molecule has 34 heavy (non-hydrogen) atoms. The van der Waals surface area contributed by atoms with Gasteiger partial charge < -0.3 is 24.5 Å². The van der Waals surface area contributed by atoms with Crippen LogP contribution in [0.3, 0.4) is 0 Å². The molecule has 5 aromatic rings. The van der Waals surface area contributed by atoms with Crippen molar-refractivity contribution < 1.29 is 5.11 Å². The zero-order valence-corrected chi connectivity index (χ0v) is 20.0. The first kappa shape index (κ1) is 22.1. The van der Waals surface area contributed by atoms with E-state index < -0.39 is 0 Å². The van der Waals surface area contributed by atoms with Crippen molar-refractivity contribution in [1.82, 2.24) is 24.1 Å². The number of aliphatic hydroxyl groups excluding tert-OH is 1. The van der Waals surface area contributed by atoms with Gasteiger partial charge in [0.05, 0.1) is 35.7 Å². The third-order valence-electron chi connectivity index (χ3n) is 5.80. The number of hydrogen-bond acceptors (Lipinski definition) is 5. The summed E-state index contributed by atoms with van der Waals surface area (Å²) in [7, 11) is 1.89. The van der Waals surface area contributed by atoms with Crippen LogP contribution in [0.5, 0.6) is 0 Å². The third-order valence-corrected chi connectivity index (χ3v) is 6.30. The van der Waals surface area contributed by atoms with Crippen molar-refractivity contribution in [2.75, 3.05) is 11.9 Å². The van der Waals surface area contributed by atoms with E-state index >= 15 is 0 Å². The molecule has 0 aliphatic rings. The van der Waals surface area contributed by atoms with E-state index in [4.69, 9.17) is 4.98 Å². The van der Waals surface area contributed by atoms with Gasteiger partial charge in [-0.05, 0) is 48.4 Å². The molecule has 0 amide bonds. The number of nitrogens with zero attached hydrogens (tertiary/aromatic N) is 4. The van der Waals surface area contributed by atoms with E-state index in [0.717, 1.165) is 26.8 Å². The summed E-state index contributed by atoms with van der Waals surface area (Å²) in [5.74, 6) is 0.543. The summed E-state index contributed by atoms with van der Waals surface area (Å²) in [6.07, 6.45) is 7.54. The fraction of sp³-hybridized carbons (Fsp3) is 0.160. The molecule has 0 saturated heterocycles. The van der Waals surface area contributed by atoms with Crippen LogP contribution in [0.2, 0.25) is 0 Å². The molecule has 3 heterocycles. The van der Waals surface area contributed by atoms with Crippen LogP contribution in [0, 0.1) is 0 Å². The number of pyridine rings is 1. The third kappa shape index (κ3) is 4.27. The number of aliphatic hydroxyl groups is 1. The Morgan fingerprint density at radius 3 is 2.85 bits per heavy atom. The van der Waals surface area contributed by atoms with Crippen LogP contribution in [0.1, 0.15) is 5.56 Å². The minimum Gasteiger partial charge on any atom is -0.394 e. The van der Waals surface area contributed by atoms with E-state index in [0.29, 0.717) is 23.5 Å². The van der Waals surface area contributed by atoms with Crippen LogP contribution >= 0.6 is 15.9 Å². The molecule has 0 bridgehead atoms. The zero-order valence-electron chi connectivity index (χ0n) is 18.4. The summed E-state index contributed by atoms with van der Waals surface area (Å²) in [6, 6.07) is 15.4. The van der Waals surface area contributed by atoms with Gasteiger partial charge in [-0.3, -0.25) is 4.79 Å². The quantitative estimate of drug-likeness (QED) is 0.303. The summed E-state index contributed by atoms with van der Waals surface area (Å²) < 4.78 is 4.81. The highest BCUT2D eigenvalue weighted by atomic mass is 79.9. The van der Waals surface area contributed by atoms with Crippen molar-refractivity contribution in [1.29, 1.82) is 0 Å². The van der Waals surface area contributed by atoms with E-state index in [-0.39, 0.29) is 18.2 Å². The zero-order chi connectivity index (χ0) is 23.7. The van der Waals surface area contributed by atoms with Gasteiger partial charge in [0.15, 0.2) is 0 Å². The minimum absolute atomic E-state index is 0.0877. The van der Waals surface area contributed by atoms with Crippen molar-refractivity contribution in [3.8, 4) is 17.1 Å². The number of halogens is 1. The second kappa shape index (κ2) is 9.28. The Labute approximate surface area is 204 Å². The molecule has 0 aliphatic carbocycles. The first-order valence-corrected chi connectivity index (χ1v) is 11.6. The molecule has 2 aromatic carbocycles. The Morgan fingerprint density at radius 2 is 2.09 bits per heavy atom. The second-order valence-corrected chi connectivity index (χ2v) is 9.01. The van der Waals surface area contributed by atoms with Crippen LogP contribution < -0.4 is 10.9 Å². The highest BCUT2D eigenvalue weighted by Gasteiger charge is 2.20. The number of anilines is 1. The van der Waals surface area contributed by atoms with Crippen molar-refractivity contribution >= 4 is 32.7 Å². The van der Waals surface area contributed by atoms with Gasteiger partial charge in [-0.1, -0.05) is 28.1 Å². The molecule has 3 aromatic heterocycles. The topological polar surface area (TPSA) is 101 Å². The molecule has 0 spiro atoms. The lowest BCUT2D eigenvalue weighted by molar-refractivity contribution is 0.273. The Kier molecular flexibility index (Phi) is 6.04. The lowest BCUT2D eigenvalue weighted by atomic mass is 10.1. The standard InChI is InChI=1S/C25H23BrN6O2/c1-31-22-13-19(32-10-9-27-15-32)5-6-20(22)30-24(31)23-21(7-8-28-25(23)34)29-18(14-33)12-16-3-2-4-17(26)11-16/h2-11,13,15,18,33H,12,14H2,1H3,(H2,28,29,34)/t18-/m0/s1. The van der Waals surface area contributed by atoms with Crippen molar-refractivity contribution in [3.63, 3.8) is 0 Å². The minimum atomic E-state index is -0.280. The van der Waals surface area contributed by atoms with E-state index in [1.54, 1.807) is 24.8 Å². The fourth-order valence-electron chi connectivity index (χ4n) is 4.12. The molecule has 9 heteroatoms. The fourth-order valence-corrected chi connectivity index (χ4v) is 4.57. The highest BCUT2D eigenvalue weighted by Crippen LogP contribution is 2.28. The first-order valence-electron chi connectivity index (χ1n) is 10.8. The van der Waals surface area contributed by atoms with Gasteiger partial charge in [-0.2, -0.15) is 0 Å². The highest BCUT2D eigenvalue weighted by molar-refractivity contribution is 9.10. The maximum absolute atomic E-state index is 13.0. The number of aromatic amines is 1. The Morgan fingerprint density at radius 1 is 1.21 bits per heavy atom. The maximum Gasteiger partial charge on any atom is 0.261 e. The molecule has 172 valence electrons. The van der Waals surface area contributed by atoms with Crippen LogP contribution in [0.15, 0.2) is 82.7 Å². The lowest BCUT2D eigenvalue weighted by Gasteiger charge is -2.19. The molecule has 0 fully saturated rings. The number of hydrogen-bond donors (Lipinski definition) is 3. The maximum atomic E-state index is 13.0. The molecule has 0 saturated carbocycles. The number of aromatic nitrogens is 5. The van der Waals surface area contributed by atoms with Crippen LogP contribution in [0.4, 0.5) is 5.69 Å². The van der Waals surface area contributed by atoms with Crippen molar-refractivity contribution in [3.05, 3.63) is 93.8 Å². The second-order valence-electron chi connectivity index (χ2n) is 8.09. The smallest absolute Gasteiger partial charge is 0.261 e. The Bertz CT molecular complexity index is 1510. The Hall–Kier alpha value is -3.69. The van der Waals surface area contributed by atoms with Gasteiger partial charge in [0.1, 0.15) is 11.4 Å². The van der Waals surface area contributed by atoms with Gasteiger partial charge in [0.25, 0.3) is 5.56 Å². The number of imidazole rings is 2. The number of rotatable bonds is 7. The van der Waals surface area contributed by atoms with Crippen molar-refractivity contribution in [2.45, 2.75) is 12.5 Å². The molecule has 3 N–H and O–H groups in total. The summed E-state index contributed by atoms with van der Waals surface area (Å²) >= 11 is 3.49. The molecule has 1 atom stereocenters. The number of aryl methyl sites for hydroxylation is 1. The summed E-state index contributed by atoms with van der Waals surface area (Å²) in [5.41, 5.74) is 4.49. The van der Waals surface area contributed by atoms with E-state index in [9.17, 15) is 9.90 Å². The van der Waals surface area contributed by atoms with E-state index in [1.807, 2.05) is 64.8 Å². The predicted octanol–water partition coefficient (Wildman–Crippen LogP) is 3.89. The van der Waals surface area contributed by atoms with Crippen LogP contribution in [-0.2, 0) is 13.5 Å². The van der Waals surface area contributed by atoms with Gasteiger partial charge in [-0.25, -0.2) is 9.97 Å². The first-order chi connectivity index (χ1) is 16.5. The van der Waals surface area contributed by atoms with Crippen LogP contribution in [-0.4, -0.2) is 41.8 Å². The molecule has 0 radical (unpaired) electrons. The van der Waals surface area contributed by atoms with Gasteiger partial charge in [0, 0.05) is 35.8 Å². The number of benzene rings is 2. The van der Waals surface area contributed by atoms with Crippen molar-refractivity contribution in [2.24, 2.45) is 7.05 Å². The largest absolute Gasteiger partial charge is 0.394 e. The monoisotopic (exact) mass is 518 g/mol. The Balaban J connectivity index is 1.53. The normalized spacial score (nSPS) is 12.2. The predicted molar refractivity (Wildman–Crippen MR) is 136 cm³/mol. The average Bonchev–Trinajstić information content (AvgIpc) is 3.47. The summed E-state index contributed by atoms with van der Waals surface area (Å²) in [6.45, 7) is -0.0877. The van der Waals surface area contributed by atoms with Gasteiger partial charge >= 0.3 is 0 Å². The number of nitrogens with one attached hydrogen (secondary N) is 2. The van der Waals surface area contributed by atoms with E-state index in [2.05, 4.69) is 31.2 Å². The SMILES string of the molecule is Cn1c(-c2c(N[C@H](CO)Cc3cccc(Br)c3)cc[nH]c2=O)nc2ccc(-n3ccnc3)cc21. The van der Waals surface area contributed by atoms with Gasteiger partial charge in [0.2, 0.25) is 0 Å². The lowest BCUT2D eigenvalue weighted by Crippen LogP contribution is -2.28. The summed E-state index contributed by atoms with van der Waals surface area (Å²) in [4.78, 5) is 24.6. The molecule has 8 nitrogen and oxygen atoms in total.